The second-order valence-electron chi connectivity index (χ2n) is 6.78. The summed E-state index contributed by atoms with van der Waals surface area (Å²) >= 11 is 12.6. The first-order valence-electron chi connectivity index (χ1n) is 9.86. The largest absolute Gasteiger partial charge is 0.497 e. The maximum absolute atomic E-state index is 14.0. The first kappa shape index (κ1) is 23.2. The van der Waals surface area contributed by atoms with Crippen molar-refractivity contribution in [3.8, 4) is 17.2 Å². The molecule has 0 unspecified atom stereocenters. The molecule has 0 radical (unpaired) electrons. The first-order chi connectivity index (χ1) is 15.0. The van der Waals surface area contributed by atoms with Crippen LogP contribution in [0.4, 0.5) is 4.39 Å². The van der Waals surface area contributed by atoms with E-state index in [4.69, 9.17) is 37.4 Å². The van der Waals surface area contributed by atoms with Gasteiger partial charge in [-0.1, -0.05) is 41.4 Å². The Morgan fingerprint density at radius 1 is 0.903 bits per heavy atom. The molecule has 0 aliphatic rings. The molecule has 0 saturated carbocycles. The molecule has 0 amide bonds. The van der Waals surface area contributed by atoms with Gasteiger partial charge >= 0.3 is 0 Å². The molecule has 3 aromatic rings. The predicted molar refractivity (Wildman–Crippen MR) is 122 cm³/mol. The van der Waals surface area contributed by atoms with Crippen LogP contribution >= 0.6 is 23.2 Å². The summed E-state index contributed by atoms with van der Waals surface area (Å²) in [6, 6.07) is 16.1. The number of rotatable bonds is 10. The van der Waals surface area contributed by atoms with Gasteiger partial charge in [0.2, 0.25) is 0 Å². The molecule has 1 N–H and O–H groups in total. The molecule has 0 saturated heterocycles. The summed E-state index contributed by atoms with van der Waals surface area (Å²) in [6.45, 7) is 3.54. The van der Waals surface area contributed by atoms with Gasteiger partial charge in [0.1, 0.15) is 18.2 Å². The van der Waals surface area contributed by atoms with Gasteiger partial charge in [0.15, 0.2) is 11.5 Å². The zero-order valence-electron chi connectivity index (χ0n) is 17.4. The monoisotopic (exact) mass is 463 g/mol. The minimum Gasteiger partial charge on any atom is -0.497 e. The average Bonchev–Trinajstić information content (AvgIpc) is 2.75. The van der Waals surface area contributed by atoms with Crippen molar-refractivity contribution < 1.29 is 18.6 Å². The Labute approximate surface area is 191 Å². The fraction of sp³-hybridized carbons (Fsp3) is 0.250. The second kappa shape index (κ2) is 11.2. The van der Waals surface area contributed by atoms with E-state index < -0.39 is 5.82 Å². The van der Waals surface area contributed by atoms with Gasteiger partial charge in [-0.05, 0) is 54.4 Å². The molecule has 0 bridgehead atoms. The van der Waals surface area contributed by atoms with E-state index in [1.54, 1.807) is 19.2 Å². The van der Waals surface area contributed by atoms with Crippen molar-refractivity contribution in [2.75, 3.05) is 13.7 Å². The Bertz CT molecular complexity index is 992. The van der Waals surface area contributed by atoms with E-state index >= 15 is 0 Å². The molecule has 0 aromatic heterocycles. The van der Waals surface area contributed by atoms with Crippen LogP contribution in [-0.4, -0.2) is 13.7 Å². The molecule has 0 spiro atoms. The molecule has 0 heterocycles. The van der Waals surface area contributed by atoms with Gasteiger partial charge in [-0.25, -0.2) is 4.39 Å². The van der Waals surface area contributed by atoms with Crippen molar-refractivity contribution in [1.82, 2.24) is 5.32 Å². The van der Waals surface area contributed by atoms with Crippen molar-refractivity contribution >= 4 is 23.2 Å². The third-order valence-corrected chi connectivity index (χ3v) is 5.24. The molecule has 3 rings (SSSR count). The quantitative estimate of drug-likeness (QED) is 0.377. The van der Waals surface area contributed by atoms with Gasteiger partial charge in [-0.3, -0.25) is 0 Å². The third-order valence-electron chi connectivity index (χ3n) is 4.61. The number of ether oxygens (including phenoxy) is 3. The molecule has 0 aliphatic carbocycles. The standard InChI is InChI=1S/C24H24Cl2FNO3/c1-3-30-23-12-17(14-28-13-16-7-9-18(29-2)10-8-16)11-21(26)24(23)31-15-19-20(25)5-4-6-22(19)27/h4-12,28H,3,13-15H2,1-2H3. The molecule has 0 fully saturated rings. The summed E-state index contributed by atoms with van der Waals surface area (Å²) in [6.07, 6.45) is 0. The maximum Gasteiger partial charge on any atom is 0.180 e. The zero-order valence-corrected chi connectivity index (χ0v) is 18.9. The summed E-state index contributed by atoms with van der Waals surface area (Å²) in [4.78, 5) is 0. The van der Waals surface area contributed by atoms with Gasteiger partial charge in [-0.15, -0.1) is 0 Å². The van der Waals surface area contributed by atoms with E-state index in [2.05, 4.69) is 5.32 Å². The Morgan fingerprint density at radius 3 is 2.32 bits per heavy atom. The van der Waals surface area contributed by atoms with Crippen molar-refractivity contribution in [3.63, 3.8) is 0 Å². The van der Waals surface area contributed by atoms with Crippen LogP contribution in [0.5, 0.6) is 17.2 Å². The lowest BCUT2D eigenvalue weighted by Crippen LogP contribution is -2.13. The smallest absolute Gasteiger partial charge is 0.180 e. The summed E-state index contributed by atoms with van der Waals surface area (Å²) in [5.41, 5.74) is 2.35. The van der Waals surface area contributed by atoms with Crippen molar-refractivity contribution in [2.24, 2.45) is 0 Å². The van der Waals surface area contributed by atoms with Crippen molar-refractivity contribution in [1.29, 1.82) is 0 Å². The highest BCUT2D eigenvalue weighted by molar-refractivity contribution is 6.32. The Hall–Kier alpha value is -2.47. The normalized spacial score (nSPS) is 10.7. The van der Waals surface area contributed by atoms with Crippen LogP contribution < -0.4 is 19.5 Å². The molecule has 0 atom stereocenters. The molecule has 31 heavy (non-hydrogen) atoms. The Balaban J connectivity index is 1.68. The lowest BCUT2D eigenvalue weighted by molar-refractivity contribution is 0.266. The van der Waals surface area contributed by atoms with E-state index in [-0.39, 0.29) is 12.2 Å². The summed E-state index contributed by atoms with van der Waals surface area (Å²) in [7, 11) is 1.64. The van der Waals surface area contributed by atoms with Crippen LogP contribution in [0.15, 0.2) is 54.6 Å². The van der Waals surface area contributed by atoms with Crippen molar-refractivity contribution in [2.45, 2.75) is 26.6 Å². The molecule has 7 heteroatoms. The molecule has 4 nitrogen and oxygen atoms in total. The van der Waals surface area contributed by atoms with Crippen LogP contribution in [0.1, 0.15) is 23.6 Å². The topological polar surface area (TPSA) is 39.7 Å². The van der Waals surface area contributed by atoms with Crippen LogP contribution in [-0.2, 0) is 19.7 Å². The summed E-state index contributed by atoms with van der Waals surface area (Å²) in [5.74, 6) is 1.26. The van der Waals surface area contributed by atoms with E-state index in [1.165, 1.54) is 6.07 Å². The molecular formula is C24H24Cl2FNO3. The van der Waals surface area contributed by atoms with Gasteiger partial charge < -0.3 is 19.5 Å². The lowest BCUT2D eigenvalue weighted by Gasteiger charge is -2.16. The predicted octanol–water partition coefficient (Wildman–Crippen LogP) is 6.41. The van der Waals surface area contributed by atoms with Gasteiger partial charge in [-0.2, -0.15) is 0 Å². The number of benzene rings is 3. The van der Waals surface area contributed by atoms with Crippen LogP contribution in [0, 0.1) is 5.82 Å². The van der Waals surface area contributed by atoms with E-state index in [9.17, 15) is 4.39 Å². The lowest BCUT2D eigenvalue weighted by atomic mass is 10.1. The fourth-order valence-electron chi connectivity index (χ4n) is 3.04. The van der Waals surface area contributed by atoms with E-state index in [0.717, 1.165) is 16.9 Å². The summed E-state index contributed by atoms with van der Waals surface area (Å²) in [5, 5.41) is 4.07. The fourth-order valence-corrected chi connectivity index (χ4v) is 3.54. The average molecular weight is 464 g/mol. The van der Waals surface area contributed by atoms with E-state index in [1.807, 2.05) is 43.3 Å². The number of hydrogen-bond acceptors (Lipinski definition) is 4. The summed E-state index contributed by atoms with van der Waals surface area (Å²) < 4.78 is 30.7. The highest BCUT2D eigenvalue weighted by atomic mass is 35.5. The SMILES string of the molecule is CCOc1cc(CNCc2ccc(OC)cc2)cc(Cl)c1OCc1c(F)cccc1Cl. The van der Waals surface area contributed by atoms with Crippen LogP contribution in [0.3, 0.4) is 0 Å². The highest BCUT2D eigenvalue weighted by Gasteiger charge is 2.15. The highest BCUT2D eigenvalue weighted by Crippen LogP contribution is 2.37. The maximum atomic E-state index is 14.0. The van der Waals surface area contributed by atoms with Gasteiger partial charge in [0, 0.05) is 18.7 Å². The first-order valence-corrected chi connectivity index (χ1v) is 10.6. The molecule has 164 valence electrons. The third kappa shape index (κ3) is 6.26. The number of methoxy groups -OCH3 is 1. The number of nitrogens with one attached hydrogen (secondary N) is 1. The van der Waals surface area contributed by atoms with Crippen LogP contribution in [0.2, 0.25) is 10.0 Å². The van der Waals surface area contributed by atoms with Gasteiger partial charge in [0.25, 0.3) is 0 Å². The molecule has 0 aliphatic heterocycles. The van der Waals surface area contributed by atoms with Crippen LogP contribution in [0.25, 0.3) is 0 Å². The Morgan fingerprint density at radius 2 is 1.65 bits per heavy atom. The minimum absolute atomic E-state index is 0.0552. The van der Waals surface area contributed by atoms with Crippen molar-refractivity contribution in [3.05, 3.63) is 87.2 Å². The minimum atomic E-state index is -0.430. The van der Waals surface area contributed by atoms with E-state index in [0.29, 0.717) is 41.2 Å². The number of halogens is 3. The molecular weight excluding hydrogens is 440 g/mol. The molecule has 3 aromatic carbocycles. The second-order valence-corrected chi connectivity index (χ2v) is 7.59. The zero-order chi connectivity index (χ0) is 22.2. The number of hydrogen-bond donors (Lipinski definition) is 1. The van der Waals surface area contributed by atoms with Gasteiger partial charge in [0.05, 0.1) is 23.8 Å². The Kier molecular flexibility index (Phi) is 8.41.